The average molecular weight is 339 g/mol. The highest BCUT2D eigenvalue weighted by molar-refractivity contribution is 9.10. The van der Waals surface area contributed by atoms with E-state index in [9.17, 15) is 0 Å². The maximum absolute atomic E-state index is 6.03. The number of rotatable bonds is 4. The quantitative estimate of drug-likeness (QED) is 0.774. The van der Waals surface area contributed by atoms with Crippen LogP contribution in [0.3, 0.4) is 0 Å². The van der Waals surface area contributed by atoms with E-state index in [0.717, 1.165) is 9.50 Å². The summed E-state index contributed by atoms with van der Waals surface area (Å²) in [5.74, 6) is 0. The lowest BCUT2D eigenvalue weighted by Crippen LogP contribution is -2.22. The van der Waals surface area contributed by atoms with Gasteiger partial charge in [-0.25, -0.2) is 0 Å². The summed E-state index contributed by atoms with van der Waals surface area (Å²) in [6, 6.07) is 16.8. The highest BCUT2D eigenvalue weighted by Crippen LogP contribution is 2.26. The molecule has 0 saturated heterocycles. The van der Waals surface area contributed by atoms with Crippen LogP contribution in [0, 0.1) is 0 Å². The molecule has 0 heterocycles. The van der Waals surface area contributed by atoms with Gasteiger partial charge in [-0.2, -0.15) is 0 Å². The molecule has 100 valence electrons. The third kappa shape index (κ3) is 3.82. The van der Waals surface area contributed by atoms with Crippen LogP contribution in [0.25, 0.3) is 0 Å². The molecular formula is C16H17BrClN. The van der Waals surface area contributed by atoms with E-state index >= 15 is 0 Å². The van der Waals surface area contributed by atoms with Gasteiger partial charge in [0, 0.05) is 21.6 Å². The predicted octanol–water partition coefficient (Wildman–Crippen LogP) is 5.51. The number of hydrogen-bond donors (Lipinski definition) is 1. The standard InChI is InChI=1S/C16H17BrClN/c1-11(13-6-5-7-14(18)10-13)19-12(2)15-8-3-4-9-16(15)17/h3-12,19H,1-2H3/t11?,12-/m1/s1. The monoisotopic (exact) mass is 337 g/mol. The Bertz CT molecular complexity index is 556. The molecule has 0 aliphatic heterocycles. The van der Waals surface area contributed by atoms with Crippen LogP contribution >= 0.6 is 27.5 Å². The molecule has 0 spiro atoms. The van der Waals surface area contributed by atoms with Crippen molar-refractivity contribution in [3.8, 4) is 0 Å². The van der Waals surface area contributed by atoms with Crippen molar-refractivity contribution in [2.75, 3.05) is 0 Å². The molecule has 0 bridgehead atoms. The lowest BCUT2D eigenvalue weighted by molar-refractivity contribution is 0.493. The third-order valence-electron chi connectivity index (χ3n) is 3.22. The number of benzene rings is 2. The summed E-state index contributed by atoms with van der Waals surface area (Å²) in [7, 11) is 0. The highest BCUT2D eigenvalue weighted by atomic mass is 79.9. The van der Waals surface area contributed by atoms with E-state index in [2.05, 4.69) is 59.4 Å². The van der Waals surface area contributed by atoms with E-state index in [1.54, 1.807) is 0 Å². The summed E-state index contributed by atoms with van der Waals surface area (Å²) in [5, 5.41) is 4.37. The zero-order valence-corrected chi connectivity index (χ0v) is 13.4. The van der Waals surface area contributed by atoms with Crippen LogP contribution in [0.5, 0.6) is 0 Å². The minimum Gasteiger partial charge on any atom is -0.304 e. The number of halogens is 2. The van der Waals surface area contributed by atoms with Gasteiger partial charge < -0.3 is 5.32 Å². The van der Waals surface area contributed by atoms with E-state index in [1.807, 2.05) is 24.3 Å². The topological polar surface area (TPSA) is 12.0 Å². The summed E-state index contributed by atoms with van der Waals surface area (Å²) in [4.78, 5) is 0. The largest absolute Gasteiger partial charge is 0.304 e. The fraction of sp³-hybridized carbons (Fsp3) is 0.250. The molecule has 2 aromatic carbocycles. The van der Waals surface area contributed by atoms with Gasteiger partial charge in [-0.3, -0.25) is 0 Å². The number of nitrogens with one attached hydrogen (secondary N) is 1. The maximum atomic E-state index is 6.03. The molecule has 0 fully saturated rings. The maximum Gasteiger partial charge on any atom is 0.0409 e. The van der Waals surface area contributed by atoms with Crippen molar-refractivity contribution in [3.63, 3.8) is 0 Å². The van der Waals surface area contributed by atoms with Crippen LogP contribution in [0.4, 0.5) is 0 Å². The van der Waals surface area contributed by atoms with Crippen LogP contribution in [0.1, 0.15) is 37.1 Å². The molecule has 0 aromatic heterocycles. The van der Waals surface area contributed by atoms with Crippen molar-refractivity contribution in [2.45, 2.75) is 25.9 Å². The summed E-state index contributed by atoms with van der Waals surface area (Å²) in [6.45, 7) is 4.32. The zero-order valence-electron chi connectivity index (χ0n) is 11.0. The molecule has 2 rings (SSSR count). The molecule has 1 nitrogen and oxygen atoms in total. The smallest absolute Gasteiger partial charge is 0.0409 e. The molecule has 0 saturated carbocycles. The van der Waals surface area contributed by atoms with Crippen LogP contribution < -0.4 is 5.32 Å². The van der Waals surface area contributed by atoms with Crippen LogP contribution in [-0.4, -0.2) is 0 Å². The normalized spacial score (nSPS) is 14.1. The second-order valence-corrected chi connectivity index (χ2v) is 5.98. The second-order valence-electron chi connectivity index (χ2n) is 4.69. The molecule has 0 radical (unpaired) electrons. The molecule has 1 N–H and O–H groups in total. The van der Waals surface area contributed by atoms with Gasteiger partial charge in [-0.05, 0) is 43.2 Å². The van der Waals surface area contributed by atoms with E-state index in [-0.39, 0.29) is 12.1 Å². The van der Waals surface area contributed by atoms with E-state index in [1.165, 1.54) is 11.1 Å². The van der Waals surface area contributed by atoms with Gasteiger partial charge in [-0.15, -0.1) is 0 Å². The van der Waals surface area contributed by atoms with Crippen molar-refractivity contribution >= 4 is 27.5 Å². The van der Waals surface area contributed by atoms with Gasteiger partial charge >= 0.3 is 0 Å². The Morgan fingerprint density at radius 3 is 2.42 bits per heavy atom. The van der Waals surface area contributed by atoms with Gasteiger partial charge in [0.05, 0.1) is 0 Å². The molecule has 2 aromatic rings. The zero-order chi connectivity index (χ0) is 13.8. The first-order valence-electron chi connectivity index (χ1n) is 6.34. The van der Waals surface area contributed by atoms with Gasteiger partial charge in [0.1, 0.15) is 0 Å². The van der Waals surface area contributed by atoms with Crippen molar-refractivity contribution in [1.82, 2.24) is 5.32 Å². The minimum absolute atomic E-state index is 0.251. The molecular weight excluding hydrogens is 322 g/mol. The molecule has 0 aliphatic carbocycles. The lowest BCUT2D eigenvalue weighted by atomic mass is 10.0. The Morgan fingerprint density at radius 1 is 1.00 bits per heavy atom. The fourth-order valence-electron chi connectivity index (χ4n) is 2.16. The molecule has 0 aliphatic rings. The molecule has 0 amide bonds. The van der Waals surface area contributed by atoms with E-state index in [0.29, 0.717) is 0 Å². The average Bonchev–Trinajstić information content (AvgIpc) is 2.39. The van der Waals surface area contributed by atoms with Gasteiger partial charge in [0.2, 0.25) is 0 Å². The summed E-state index contributed by atoms with van der Waals surface area (Å²) >= 11 is 9.63. The molecule has 2 atom stereocenters. The van der Waals surface area contributed by atoms with Gasteiger partial charge in [0.25, 0.3) is 0 Å². The minimum atomic E-state index is 0.251. The Balaban J connectivity index is 2.11. The first kappa shape index (κ1) is 14.6. The fourth-order valence-corrected chi connectivity index (χ4v) is 2.99. The molecule has 19 heavy (non-hydrogen) atoms. The first-order chi connectivity index (χ1) is 9.08. The molecule has 3 heteroatoms. The Kier molecular flexibility index (Phi) is 5.03. The highest BCUT2D eigenvalue weighted by Gasteiger charge is 2.13. The summed E-state index contributed by atoms with van der Waals surface area (Å²) in [6.07, 6.45) is 0. The van der Waals surface area contributed by atoms with Crippen molar-refractivity contribution in [1.29, 1.82) is 0 Å². The lowest BCUT2D eigenvalue weighted by Gasteiger charge is -2.21. The van der Waals surface area contributed by atoms with E-state index < -0.39 is 0 Å². The van der Waals surface area contributed by atoms with E-state index in [4.69, 9.17) is 11.6 Å². The summed E-state index contributed by atoms with van der Waals surface area (Å²) in [5.41, 5.74) is 2.46. The Morgan fingerprint density at radius 2 is 1.74 bits per heavy atom. The second kappa shape index (κ2) is 6.56. The predicted molar refractivity (Wildman–Crippen MR) is 85.6 cm³/mol. The summed E-state index contributed by atoms with van der Waals surface area (Å²) < 4.78 is 1.13. The molecule has 1 unspecified atom stereocenters. The van der Waals surface area contributed by atoms with Crippen molar-refractivity contribution in [2.24, 2.45) is 0 Å². The van der Waals surface area contributed by atoms with Gasteiger partial charge in [-0.1, -0.05) is 57.9 Å². The number of hydrogen-bond acceptors (Lipinski definition) is 1. The third-order valence-corrected chi connectivity index (χ3v) is 4.18. The first-order valence-corrected chi connectivity index (χ1v) is 7.51. The van der Waals surface area contributed by atoms with Crippen molar-refractivity contribution in [3.05, 3.63) is 69.2 Å². The van der Waals surface area contributed by atoms with Crippen LogP contribution in [0.2, 0.25) is 5.02 Å². The Hall–Kier alpha value is -0.830. The Labute approximate surface area is 128 Å². The van der Waals surface area contributed by atoms with Gasteiger partial charge in [0.15, 0.2) is 0 Å². The van der Waals surface area contributed by atoms with Crippen LogP contribution in [-0.2, 0) is 0 Å². The SMILES string of the molecule is CC(N[C@H](C)c1ccccc1Br)c1cccc(Cl)c1. The van der Waals surface area contributed by atoms with Crippen molar-refractivity contribution < 1.29 is 0 Å². The van der Waals surface area contributed by atoms with Crippen LogP contribution in [0.15, 0.2) is 53.0 Å².